The van der Waals surface area contributed by atoms with Crippen LogP contribution in [-0.4, -0.2) is 39.3 Å². The van der Waals surface area contributed by atoms with Crippen LogP contribution in [-0.2, 0) is 22.5 Å². The van der Waals surface area contributed by atoms with Gasteiger partial charge in [0.25, 0.3) is 0 Å². The van der Waals surface area contributed by atoms with E-state index < -0.39 is 5.97 Å². The first-order chi connectivity index (χ1) is 9.58. The van der Waals surface area contributed by atoms with E-state index in [0.29, 0.717) is 25.5 Å². The molecule has 0 unspecified atom stereocenters. The summed E-state index contributed by atoms with van der Waals surface area (Å²) >= 11 is 0. The van der Waals surface area contributed by atoms with E-state index in [0.717, 1.165) is 31.6 Å². The molecule has 20 heavy (non-hydrogen) atoms. The Bertz CT molecular complexity index is 391. The number of unbranched alkanes of at least 4 members (excludes halogenated alkanes) is 1. The number of carbonyl (C=O) groups is 1. The number of ether oxygens (including phenoxy) is 1. The molecule has 0 saturated carbocycles. The molecule has 0 amide bonds. The zero-order valence-corrected chi connectivity index (χ0v) is 12.4. The summed E-state index contributed by atoms with van der Waals surface area (Å²) in [4.78, 5) is 10.4. The van der Waals surface area contributed by atoms with Gasteiger partial charge in [-0.05, 0) is 31.6 Å². The van der Waals surface area contributed by atoms with E-state index in [2.05, 4.69) is 24.2 Å². The lowest BCUT2D eigenvalue weighted by Gasteiger charge is -2.05. The van der Waals surface area contributed by atoms with Crippen molar-refractivity contribution in [2.75, 3.05) is 13.2 Å². The molecular formula is C14H25N3O3. The summed E-state index contributed by atoms with van der Waals surface area (Å²) in [6, 6.07) is 0. The van der Waals surface area contributed by atoms with Crippen LogP contribution in [0.1, 0.15) is 45.2 Å². The van der Waals surface area contributed by atoms with Gasteiger partial charge < -0.3 is 9.84 Å². The van der Waals surface area contributed by atoms with Gasteiger partial charge in [-0.1, -0.05) is 19.1 Å². The largest absolute Gasteiger partial charge is 0.481 e. The van der Waals surface area contributed by atoms with E-state index in [1.54, 1.807) is 4.68 Å². The third-order valence-corrected chi connectivity index (χ3v) is 2.96. The number of hydrogen-bond donors (Lipinski definition) is 1. The minimum Gasteiger partial charge on any atom is -0.481 e. The molecule has 6 heteroatoms. The van der Waals surface area contributed by atoms with Crippen LogP contribution < -0.4 is 0 Å². The molecule has 0 atom stereocenters. The summed E-state index contributed by atoms with van der Waals surface area (Å²) < 4.78 is 7.31. The van der Waals surface area contributed by atoms with Gasteiger partial charge in [0, 0.05) is 19.2 Å². The lowest BCUT2D eigenvalue weighted by molar-refractivity contribution is -0.137. The molecule has 0 aliphatic carbocycles. The van der Waals surface area contributed by atoms with Gasteiger partial charge in [0.2, 0.25) is 0 Å². The summed E-state index contributed by atoms with van der Waals surface area (Å²) in [5, 5.41) is 16.6. The van der Waals surface area contributed by atoms with E-state index >= 15 is 0 Å². The molecule has 0 aliphatic rings. The molecule has 1 rings (SSSR count). The van der Waals surface area contributed by atoms with Gasteiger partial charge in [0.1, 0.15) is 0 Å². The van der Waals surface area contributed by atoms with Crippen LogP contribution in [0.2, 0.25) is 0 Å². The topological polar surface area (TPSA) is 77.2 Å². The molecule has 0 bridgehead atoms. The molecule has 0 spiro atoms. The van der Waals surface area contributed by atoms with Crippen molar-refractivity contribution in [2.24, 2.45) is 5.92 Å². The van der Waals surface area contributed by atoms with Crippen LogP contribution in [0.25, 0.3) is 0 Å². The molecular weight excluding hydrogens is 258 g/mol. The third kappa shape index (κ3) is 7.89. The Hall–Kier alpha value is -1.43. The van der Waals surface area contributed by atoms with Gasteiger partial charge in [-0.2, -0.15) is 0 Å². The Morgan fingerprint density at radius 3 is 2.90 bits per heavy atom. The van der Waals surface area contributed by atoms with E-state index in [1.807, 2.05) is 6.20 Å². The summed E-state index contributed by atoms with van der Waals surface area (Å²) in [5.41, 5.74) is 0.914. The van der Waals surface area contributed by atoms with Crippen molar-refractivity contribution in [3.05, 3.63) is 11.9 Å². The highest BCUT2D eigenvalue weighted by atomic mass is 16.5. The van der Waals surface area contributed by atoms with Crippen LogP contribution in [0, 0.1) is 5.92 Å². The first-order valence-electron chi connectivity index (χ1n) is 7.26. The molecule has 1 N–H and O–H groups in total. The molecule has 0 aliphatic heterocycles. The van der Waals surface area contributed by atoms with Crippen molar-refractivity contribution in [1.29, 1.82) is 0 Å². The lowest BCUT2D eigenvalue weighted by Crippen LogP contribution is -2.08. The van der Waals surface area contributed by atoms with Crippen molar-refractivity contribution in [1.82, 2.24) is 15.0 Å². The molecule has 0 aromatic carbocycles. The van der Waals surface area contributed by atoms with Gasteiger partial charge in [-0.3, -0.25) is 4.79 Å². The highest BCUT2D eigenvalue weighted by Crippen LogP contribution is 2.04. The predicted molar refractivity (Wildman–Crippen MR) is 75.5 cm³/mol. The maximum Gasteiger partial charge on any atom is 0.303 e. The van der Waals surface area contributed by atoms with Crippen molar-refractivity contribution in [2.45, 2.75) is 52.5 Å². The zero-order valence-electron chi connectivity index (χ0n) is 12.4. The minimum absolute atomic E-state index is 0.220. The molecule has 1 heterocycles. The van der Waals surface area contributed by atoms with E-state index in [1.165, 1.54) is 0 Å². The van der Waals surface area contributed by atoms with E-state index in [-0.39, 0.29) is 6.42 Å². The number of nitrogens with zero attached hydrogens (tertiary/aromatic N) is 3. The Balaban J connectivity index is 2.11. The summed E-state index contributed by atoms with van der Waals surface area (Å²) in [7, 11) is 0. The number of carboxylic acids is 1. The SMILES string of the molecule is CC(C)CCOCCn1cc(CCCCC(=O)O)nn1. The number of aryl methyl sites for hydroxylation is 1. The fraction of sp³-hybridized carbons (Fsp3) is 0.786. The second-order valence-corrected chi connectivity index (χ2v) is 5.37. The molecule has 6 nitrogen and oxygen atoms in total. The van der Waals surface area contributed by atoms with Crippen molar-refractivity contribution >= 4 is 5.97 Å². The fourth-order valence-electron chi connectivity index (χ4n) is 1.72. The van der Waals surface area contributed by atoms with Crippen molar-refractivity contribution in [3.8, 4) is 0 Å². The average molecular weight is 283 g/mol. The number of carboxylic acid groups (broad SMARTS) is 1. The zero-order chi connectivity index (χ0) is 14.8. The molecule has 0 fully saturated rings. The van der Waals surface area contributed by atoms with E-state index in [9.17, 15) is 4.79 Å². The lowest BCUT2D eigenvalue weighted by atomic mass is 10.1. The maximum atomic E-state index is 10.4. The predicted octanol–water partition coefficient (Wildman–Crippen LogP) is 2.14. The van der Waals surface area contributed by atoms with Crippen molar-refractivity contribution in [3.63, 3.8) is 0 Å². The van der Waals surface area contributed by atoms with Gasteiger partial charge in [0.05, 0.1) is 18.8 Å². The highest BCUT2D eigenvalue weighted by molar-refractivity contribution is 5.66. The Kier molecular flexibility index (Phi) is 7.87. The summed E-state index contributed by atoms with van der Waals surface area (Å²) in [6.45, 7) is 6.50. The molecule has 0 saturated heterocycles. The molecule has 114 valence electrons. The Morgan fingerprint density at radius 1 is 1.40 bits per heavy atom. The summed E-state index contributed by atoms with van der Waals surface area (Å²) in [6.07, 6.45) is 5.49. The van der Waals surface area contributed by atoms with Crippen LogP contribution in [0.3, 0.4) is 0 Å². The van der Waals surface area contributed by atoms with Crippen LogP contribution in [0.15, 0.2) is 6.20 Å². The first-order valence-corrected chi connectivity index (χ1v) is 7.26. The van der Waals surface area contributed by atoms with Crippen molar-refractivity contribution < 1.29 is 14.6 Å². The van der Waals surface area contributed by atoms with Crippen LogP contribution in [0.5, 0.6) is 0 Å². The second-order valence-electron chi connectivity index (χ2n) is 5.37. The van der Waals surface area contributed by atoms with Crippen LogP contribution >= 0.6 is 0 Å². The Morgan fingerprint density at radius 2 is 2.20 bits per heavy atom. The van der Waals surface area contributed by atoms with Gasteiger partial charge in [-0.15, -0.1) is 5.10 Å². The van der Waals surface area contributed by atoms with E-state index in [4.69, 9.17) is 9.84 Å². The molecule has 1 aromatic rings. The molecule has 0 radical (unpaired) electrons. The smallest absolute Gasteiger partial charge is 0.303 e. The minimum atomic E-state index is -0.743. The molecule has 1 aromatic heterocycles. The first kappa shape index (κ1) is 16.6. The maximum absolute atomic E-state index is 10.4. The number of rotatable bonds is 11. The van der Waals surface area contributed by atoms with Gasteiger partial charge in [-0.25, -0.2) is 4.68 Å². The normalized spacial score (nSPS) is 11.2. The second kappa shape index (κ2) is 9.47. The fourth-order valence-corrected chi connectivity index (χ4v) is 1.72. The third-order valence-electron chi connectivity index (χ3n) is 2.96. The van der Waals surface area contributed by atoms with Gasteiger partial charge >= 0.3 is 5.97 Å². The highest BCUT2D eigenvalue weighted by Gasteiger charge is 2.02. The number of hydrogen-bond acceptors (Lipinski definition) is 4. The average Bonchev–Trinajstić information content (AvgIpc) is 2.81. The number of aliphatic carboxylic acids is 1. The quantitative estimate of drug-likeness (QED) is 0.630. The van der Waals surface area contributed by atoms with Gasteiger partial charge in [0.15, 0.2) is 0 Å². The standard InChI is InChI=1S/C14H25N3O3/c1-12(2)7-9-20-10-8-17-11-13(15-16-17)5-3-4-6-14(18)19/h11-12H,3-10H2,1-2H3,(H,18,19). The monoisotopic (exact) mass is 283 g/mol. The van der Waals surface area contributed by atoms with Crippen LogP contribution in [0.4, 0.5) is 0 Å². The Labute approximate surface area is 120 Å². The summed E-state index contributed by atoms with van der Waals surface area (Å²) in [5.74, 6) is -0.0778. The number of aromatic nitrogens is 3.